The van der Waals surface area contributed by atoms with E-state index in [4.69, 9.17) is 0 Å². The Morgan fingerprint density at radius 3 is 2.76 bits per heavy atom. The third-order valence-corrected chi connectivity index (χ3v) is 3.57. The fraction of sp³-hybridized carbons (Fsp3) is 0.400. The molecule has 2 heteroatoms. The van der Waals surface area contributed by atoms with Crippen molar-refractivity contribution in [1.29, 1.82) is 0 Å². The largest absolute Gasteiger partial charge is 0.337 e. The first kappa shape index (κ1) is 11.9. The van der Waals surface area contributed by atoms with Crippen molar-refractivity contribution >= 4 is 0 Å². The van der Waals surface area contributed by atoms with Crippen LogP contribution in [-0.2, 0) is 6.54 Å². The van der Waals surface area contributed by atoms with Gasteiger partial charge < -0.3 is 4.57 Å². The topological polar surface area (TPSA) is 17.8 Å². The lowest BCUT2D eigenvalue weighted by molar-refractivity contribution is 0.542. The first-order valence-corrected chi connectivity index (χ1v) is 6.24. The molecular weight excluding hydrogens is 208 g/mol. The van der Waals surface area contributed by atoms with Gasteiger partial charge in [0.2, 0.25) is 0 Å². The maximum atomic E-state index is 4.11. The highest BCUT2D eigenvalue weighted by Crippen LogP contribution is 2.26. The predicted molar refractivity (Wildman–Crippen MR) is 71.2 cm³/mol. The van der Waals surface area contributed by atoms with Crippen molar-refractivity contribution in [1.82, 2.24) is 9.55 Å². The van der Waals surface area contributed by atoms with Crippen LogP contribution in [0, 0.1) is 13.8 Å². The SMILES string of the molecule is CCC(Cn1ccnc1)c1cccc(C)c1C. The average molecular weight is 228 g/mol. The zero-order chi connectivity index (χ0) is 12.3. The highest BCUT2D eigenvalue weighted by atomic mass is 15.0. The van der Waals surface area contributed by atoms with E-state index in [0.717, 1.165) is 13.0 Å². The van der Waals surface area contributed by atoms with Crippen molar-refractivity contribution in [3.05, 3.63) is 53.6 Å². The molecule has 0 aliphatic heterocycles. The minimum absolute atomic E-state index is 0.573. The molecule has 1 unspecified atom stereocenters. The van der Waals surface area contributed by atoms with Crippen molar-refractivity contribution in [2.45, 2.75) is 39.7 Å². The summed E-state index contributed by atoms with van der Waals surface area (Å²) in [4.78, 5) is 4.11. The van der Waals surface area contributed by atoms with E-state index >= 15 is 0 Å². The lowest BCUT2D eigenvalue weighted by atomic mass is 9.90. The summed E-state index contributed by atoms with van der Waals surface area (Å²) < 4.78 is 2.16. The Balaban J connectivity index is 2.26. The van der Waals surface area contributed by atoms with Gasteiger partial charge in [-0.15, -0.1) is 0 Å². The molecule has 1 atom stereocenters. The van der Waals surface area contributed by atoms with Crippen LogP contribution < -0.4 is 0 Å². The molecule has 0 amide bonds. The number of benzene rings is 1. The molecule has 0 saturated carbocycles. The lowest BCUT2D eigenvalue weighted by Crippen LogP contribution is -2.09. The van der Waals surface area contributed by atoms with Crippen LogP contribution in [0.4, 0.5) is 0 Å². The Kier molecular flexibility index (Phi) is 3.62. The molecule has 2 aromatic rings. The molecule has 0 spiro atoms. The summed E-state index contributed by atoms with van der Waals surface area (Å²) in [6.07, 6.45) is 6.93. The van der Waals surface area contributed by atoms with Gasteiger partial charge in [0.05, 0.1) is 6.33 Å². The van der Waals surface area contributed by atoms with Crippen LogP contribution in [-0.4, -0.2) is 9.55 Å². The van der Waals surface area contributed by atoms with Gasteiger partial charge in [0.25, 0.3) is 0 Å². The van der Waals surface area contributed by atoms with Crippen LogP contribution in [0.5, 0.6) is 0 Å². The summed E-state index contributed by atoms with van der Waals surface area (Å²) in [6, 6.07) is 6.60. The second kappa shape index (κ2) is 5.17. The Hall–Kier alpha value is -1.57. The molecule has 0 bridgehead atoms. The number of aryl methyl sites for hydroxylation is 1. The Labute approximate surface area is 103 Å². The number of hydrogen-bond acceptors (Lipinski definition) is 1. The molecule has 1 aromatic heterocycles. The van der Waals surface area contributed by atoms with Crippen molar-refractivity contribution in [3.63, 3.8) is 0 Å². The van der Waals surface area contributed by atoms with Crippen LogP contribution in [0.15, 0.2) is 36.9 Å². The lowest BCUT2D eigenvalue weighted by Gasteiger charge is -2.19. The van der Waals surface area contributed by atoms with Crippen LogP contribution in [0.3, 0.4) is 0 Å². The number of imidazole rings is 1. The molecule has 1 aromatic carbocycles. The molecule has 17 heavy (non-hydrogen) atoms. The molecule has 0 radical (unpaired) electrons. The van der Waals surface area contributed by atoms with Crippen LogP contribution in [0.25, 0.3) is 0 Å². The van der Waals surface area contributed by atoms with E-state index in [1.807, 2.05) is 18.7 Å². The minimum atomic E-state index is 0.573. The molecule has 2 nitrogen and oxygen atoms in total. The second-order valence-corrected chi connectivity index (χ2v) is 4.65. The molecule has 0 fully saturated rings. The van der Waals surface area contributed by atoms with Gasteiger partial charge in [0.15, 0.2) is 0 Å². The van der Waals surface area contributed by atoms with E-state index < -0.39 is 0 Å². The number of aromatic nitrogens is 2. The molecule has 0 saturated heterocycles. The van der Waals surface area contributed by atoms with Crippen LogP contribution in [0.2, 0.25) is 0 Å². The van der Waals surface area contributed by atoms with Gasteiger partial charge in [-0.25, -0.2) is 4.98 Å². The van der Waals surface area contributed by atoms with E-state index in [0.29, 0.717) is 5.92 Å². The third-order valence-electron chi connectivity index (χ3n) is 3.57. The van der Waals surface area contributed by atoms with Gasteiger partial charge in [-0.2, -0.15) is 0 Å². The Bertz CT molecular complexity index is 472. The van der Waals surface area contributed by atoms with Crippen molar-refractivity contribution in [3.8, 4) is 0 Å². The third kappa shape index (κ3) is 2.57. The quantitative estimate of drug-likeness (QED) is 0.780. The van der Waals surface area contributed by atoms with E-state index in [9.17, 15) is 0 Å². The molecule has 0 aliphatic rings. The zero-order valence-corrected chi connectivity index (χ0v) is 10.9. The summed E-state index contributed by atoms with van der Waals surface area (Å²) in [5.74, 6) is 0.573. The van der Waals surface area contributed by atoms with E-state index in [1.165, 1.54) is 16.7 Å². The van der Waals surface area contributed by atoms with Crippen molar-refractivity contribution in [2.75, 3.05) is 0 Å². The maximum absolute atomic E-state index is 4.11. The van der Waals surface area contributed by atoms with Gasteiger partial charge >= 0.3 is 0 Å². The second-order valence-electron chi connectivity index (χ2n) is 4.65. The van der Waals surface area contributed by atoms with E-state index in [-0.39, 0.29) is 0 Å². The summed E-state index contributed by atoms with van der Waals surface area (Å²) in [5, 5.41) is 0. The fourth-order valence-electron chi connectivity index (χ4n) is 2.31. The van der Waals surface area contributed by atoms with Crippen molar-refractivity contribution in [2.24, 2.45) is 0 Å². The standard InChI is InChI=1S/C15H20N2/c1-4-14(10-17-9-8-16-11-17)15-7-5-6-12(2)13(15)3/h5-9,11,14H,4,10H2,1-3H3. The van der Waals surface area contributed by atoms with Gasteiger partial charge in [0, 0.05) is 24.9 Å². The molecule has 2 rings (SSSR count). The molecule has 0 N–H and O–H groups in total. The minimum Gasteiger partial charge on any atom is -0.337 e. The smallest absolute Gasteiger partial charge is 0.0946 e. The van der Waals surface area contributed by atoms with Gasteiger partial charge in [-0.3, -0.25) is 0 Å². The van der Waals surface area contributed by atoms with E-state index in [2.05, 4.69) is 48.5 Å². The first-order chi connectivity index (χ1) is 8.22. The highest BCUT2D eigenvalue weighted by molar-refractivity contribution is 5.35. The summed E-state index contributed by atoms with van der Waals surface area (Å²) in [6.45, 7) is 7.67. The van der Waals surface area contributed by atoms with Crippen molar-refractivity contribution < 1.29 is 0 Å². The van der Waals surface area contributed by atoms with Crippen LogP contribution >= 0.6 is 0 Å². The summed E-state index contributed by atoms with van der Waals surface area (Å²) in [5.41, 5.74) is 4.28. The van der Waals surface area contributed by atoms with Gasteiger partial charge in [0.1, 0.15) is 0 Å². The highest BCUT2D eigenvalue weighted by Gasteiger charge is 2.13. The number of rotatable bonds is 4. The molecular formula is C15H20N2. The maximum Gasteiger partial charge on any atom is 0.0946 e. The van der Waals surface area contributed by atoms with E-state index in [1.54, 1.807) is 0 Å². The summed E-state index contributed by atoms with van der Waals surface area (Å²) in [7, 11) is 0. The van der Waals surface area contributed by atoms with Gasteiger partial charge in [-0.05, 0) is 37.0 Å². The predicted octanol–water partition coefficient (Wildman–Crippen LogP) is 3.69. The molecule has 1 heterocycles. The zero-order valence-electron chi connectivity index (χ0n) is 10.9. The monoisotopic (exact) mass is 228 g/mol. The summed E-state index contributed by atoms with van der Waals surface area (Å²) >= 11 is 0. The number of nitrogens with zero attached hydrogens (tertiary/aromatic N) is 2. The fourth-order valence-corrected chi connectivity index (χ4v) is 2.31. The Morgan fingerprint density at radius 2 is 2.12 bits per heavy atom. The molecule has 90 valence electrons. The average Bonchev–Trinajstić information content (AvgIpc) is 2.83. The number of hydrogen-bond donors (Lipinski definition) is 0. The first-order valence-electron chi connectivity index (χ1n) is 6.24. The van der Waals surface area contributed by atoms with Gasteiger partial charge in [-0.1, -0.05) is 25.1 Å². The molecule has 0 aliphatic carbocycles. The van der Waals surface area contributed by atoms with Crippen LogP contribution in [0.1, 0.15) is 36.0 Å². The Morgan fingerprint density at radius 1 is 1.29 bits per heavy atom. The normalized spacial score (nSPS) is 12.6.